The summed E-state index contributed by atoms with van der Waals surface area (Å²) in [6, 6.07) is 6.12. The largest absolute Gasteiger partial charge is 0.370 e. The van der Waals surface area contributed by atoms with Gasteiger partial charge in [-0.2, -0.15) is 0 Å². The second-order valence-corrected chi connectivity index (χ2v) is 5.45. The number of carbonyl (C=O) groups excluding carboxylic acids is 3. The maximum absolute atomic E-state index is 12.4. The topological polar surface area (TPSA) is 169 Å². The lowest BCUT2D eigenvalue weighted by Crippen LogP contribution is -2.47. The first-order valence-corrected chi connectivity index (χ1v) is 7.66. The molecule has 132 valence electrons. The van der Waals surface area contributed by atoms with Crippen molar-refractivity contribution in [3.8, 4) is 0 Å². The number of nitrogens with one attached hydrogen (secondary N) is 2. The third kappa shape index (κ3) is 4.56. The number of fused-ring (bicyclic) bond motifs is 1. The summed E-state index contributed by atoms with van der Waals surface area (Å²) in [7, 11) is 0. The van der Waals surface area contributed by atoms with Crippen molar-refractivity contribution in [3.05, 3.63) is 36.0 Å². The van der Waals surface area contributed by atoms with Gasteiger partial charge in [0.15, 0.2) is 5.96 Å². The number of hydrogen-bond donors (Lipinski definition) is 5. The van der Waals surface area contributed by atoms with Gasteiger partial charge in [0.25, 0.3) is 11.7 Å². The van der Waals surface area contributed by atoms with Gasteiger partial charge in [-0.25, -0.2) is 0 Å². The zero-order valence-electron chi connectivity index (χ0n) is 13.5. The number of hydrogen-bond acceptors (Lipinski definition) is 4. The lowest BCUT2D eigenvalue weighted by atomic mass is 10.1. The maximum Gasteiger partial charge on any atom is 0.293 e. The molecular weight excluding hydrogens is 324 g/mol. The molecule has 2 rings (SSSR count). The molecule has 2 aromatic rings. The van der Waals surface area contributed by atoms with Crippen LogP contribution in [0, 0.1) is 0 Å². The predicted molar refractivity (Wildman–Crippen MR) is 93.7 cm³/mol. The van der Waals surface area contributed by atoms with Crippen molar-refractivity contribution in [2.45, 2.75) is 18.9 Å². The van der Waals surface area contributed by atoms with Crippen LogP contribution >= 0.6 is 0 Å². The number of amides is 2. The minimum Gasteiger partial charge on any atom is -0.370 e. The lowest BCUT2D eigenvalue weighted by Gasteiger charge is -2.14. The van der Waals surface area contributed by atoms with Crippen LogP contribution in [0.5, 0.6) is 0 Å². The number of guanidine groups is 1. The number of ketones is 1. The van der Waals surface area contributed by atoms with Crippen LogP contribution in [-0.4, -0.2) is 41.1 Å². The van der Waals surface area contributed by atoms with Crippen molar-refractivity contribution in [1.82, 2.24) is 10.3 Å². The van der Waals surface area contributed by atoms with E-state index in [1.807, 2.05) is 6.07 Å². The minimum absolute atomic E-state index is 0.0609. The number of aromatic nitrogens is 1. The van der Waals surface area contributed by atoms with E-state index in [0.29, 0.717) is 18.4 Å². The van der Waals surface area contributed by atoms with Gasteiger partial charge in [0.1, 0.15) is 6.04 Å². The number of aromatic amines is 1. The Hall–Kier alpha value is -3.36. The summed E-state index contributed by atoms with van der Waals surface area (Å²) in [6.45, 7) is 0.290. The van der Waals surface area contributed by atoms with Crippen molar-refractivity contribution >= 4 is 34.5 Å². The number of rotatable bonds is 8. The molecule has 0 radical (unpaired) electrons. The quantitative estimate of drug-likeness (QED) is 0.141. The standard InChI is InChI=1S/C16H20N6O3/c17-14(24)12(6-3-7-20-16(18)19)22-15(25)13(23)10-8-21-11-5-2-1-4-9(10)11/h1-2,4-5,8,12,21H,3,6-7H2,(H2,17,24)(H,22,25)(H4,18,19,20)/t12-/m0/s1. The molecule has 9 heteroatoms. The summed E-state index contributed by atoms with van der Waals surface area (Å²) < 4.78 is 0. The molecule has 0 saturated heterocycles. The molecule has 0 aliphatic rings. The van der Waals surface area contributed by atoms with E-state index in [1.165, 1.54) is 6.20 Å². The van der Waals surface area contributed by atoms with Crippen LogP contribution in [0.4, 0.5) is 0 Å². The minimum atomic E-state index is -0.976. The van der Waals surface area contributed by atoms with E-state index in [-0.39, 0.29) is 17.9 Å². The van der Waals surface area contributed by atoms with E-state index < -0.39 is 23.6 Å². The maximum atomic E-state index is 12.4. The Balaban J connectivity index is 2.03. The number of Topliss-reactive ketones (excluding diaryl/α,β-unsaturated/α-hetero) is 1. The van der Waals surface area contributed by atoms with Crippen molar-refractivity contribution in [3.63, 3.8) is 0 Å². The van der Waals surface area contributed by atoms with Crippen molar-refractivity contribution in [1.29, 1.82) is 0 Å². The SMILES string of the molecule is NC(=O)[C@H](CCCN=C(N)N)NC(=O)C(=O)c1c[nH]c2ccccc12. The van der Waals surface area contributed by atoms with Gasteiger partial charge in [-0.3, -0.25) is 19.4 Å². The molecule has 0 bridgehead atoms. The number of primary amides is 1. The smallest absolute Gasteiger partial charge is 0.293 e. The average molecular weight is 344 g/mol. The summed E-state index contributed by atoms with van der Waals surface area (Å²) in [6.07, 6.45) is 2.11. The lowest BCUT2D eigenvalue weighted by molar-refractivity contribution is -0.125. The fourth-order valence-electron chi connectivity index (χ4n) is 2.39. The van der Waals surface area contributed by atoms with Gasteiger partial charge >= 0.3 is 0 Å². The summed E-state index contributed by atoms with van der Waals surface area (Å²) in [5.74, 6) is -2.43. The second kappa shape index (κ2) is 7.95. The Morgan fingerprint density at radius 1 is 1.16 bits per heavy atom. The molecule has 8 N–H and O–H groups in total. The van der Waals surface area contributed by atoms with E-state index in [2.05, 4.69) is 15.3 Å². The van der Waals surface area contributed by atoms with Gasteiger partial charge in [0, 0.05) is 23.6 Å². The first-order valence-electron chi connectivity index (χ1n) is 7.66. The van der Waals surface area contributed by atoms with Crippen LogP contribution in [-0.2, 0) is 9.59 Å². The van der Waals surface area contributed by atoms with Gasteiger partial charge in [-0.15, -0.1) is 0 Å². The normalized spacial score (nSPS) is 11.7. The Morgan fingerprint density at radius 2 is 1.88 bits per heavy atom. The number of nitrogens with zero attached hydrogens (tertiary/aromatic N) is 1. The molecule has 25 heavy (non-hydrogen) atoms. The van der Waals surface area contributed by atoms with E-state index in [1.54, 1.807) is 18.2 Å². The van der Waals surface area contributed by atoms with Crippen molar-refractivity contribution in [2.24, 2.45) is 22.2 Å². The predicted octanol–water partition coefficient (Wildman–Crippen LogP) is -0.626. The van der Waals surface area contributed by atoms with Gasteiger partial charge in [-0.05, 0) is 18.9 Å². The van der Waals surface area contributed by atoms with Crippen LogP contribution in [0.3, 0.4) is 0 Å². The fraction of sp³-hybridized carbons (Fsp3) is 0.250. The van der Waals surface area contributed by atoms with E-state index >= 15 is 0 Å². The van der Waals surface area contributed by atoms with E-state index in [4.69, 9.17) is 17.2 Å². The molecule has 0 fully saturated rings. The third-order valence-corrected chi connectivity index (χ3v) is 3.63. The molecule has 0 aliphatic heterocycles. The first kappa shape index (κ1) is 18.0. The summed E-state index contributed by atoms with van der Waals surface area (Å²) >= 11 is 0. The Kier molecular flexibility index (Phi) is 5.72. The molecule has 0 unspecified atom stereocenters. The number of nitrogens with two attached hydrogens (primary N) is 3. The highest BCUT2D eigenvalue weighted by Gasteiger charge is 2.24. The van der Waals surface area contributed by atoms with Gasteiger partial charge in [0.05, 0.1) is 5.56 Å². The molecule has 0 saturated carbocycles. The summed E-state index contributed by atoms with van der Waals surface area (Å²) in [5.41, 5.74) is 16.7. The van der Waals surface area contributed by atoms with Crippen LogP contribution in [0.1, 0.15) is 23.2 Å². The second-order valence-electron chi connectivity index (χ2n) is 5.45. The van der Waals surface area contributed by atoms with Crippen LogP contribution in [0.25, 0.3) is 10.9 Å². The first-order chi connectivity index (χ1) is 11.9. The molecular formula is C16H20N6O3. The van der Waals surface area contributed by atoms with E-state index in [0.717, 1.165) is 5.52 Å². The summed E-state index contributed by atoms with van der Waals surface area (Å²) in [4.78, 5) is 42.7. The highest BCUT2D eigenvalue weighted by molar-refractivity contribution is 6.45. The van der Waals surface area contributed by atoms with Crippen LogP contribution < -0.4 is 22.5 Å². The molecule has 0 spiro atoms. The zero-order valence-corrected chi connectivity index (χ0v) is 13.5. The molecule has 1 heterocycles. The zero-order chi connectivity index (χ0) is 18.4. The third-order valence-electron chi connectivity index (χ3n) is 3.63. The molecule has 0 aliphatic carbocycles. The monoisotopic (exact) mass is 344 g/mol. The Bertz CT molecular complexity index is 822. The number of carbonyl (C=O) groups is 3. The summed E-state index contributed by atoms with van der Waals surface area (Å²) in [5, 5.41) is 3.00. The van der Waals surface area contributed by atoms with Crippen LogP contribution in [0.2, 0.25) is 0 Å². The molecule has 9 nitrogen and oxygen atoms in total. The van der Waals surface area contributed by atoms with Crippen LogP contribution in [0.15, 0.2) is 35.5 Å². The van der Waals surface area contributed by atoms with Gasteiger partial charge in [0.2, 0.25) is 5.91 Å². The Morgan fingerprint density at radius 3 is 2.56 bits per heavy atom. The highest BCUT2D eigenvalue weighted by Crippen LogP contribution is 2.18. The molecule has 1 atom stereocenters. The van der Waals surface area contributed by atoms with Crippen molar-refractivity contribution < 1.29 is 14.4 Å². The molecule has 1 aromatic carbocycles. The number of para-hydroxylation sites is 1. The average Bonchev–Trinajstić information content (AvgIpc) is 3.00. The molecule has 2 amide bonds. The Labute approximate surface area is 143 Å². The number of H-pyrrole nitrogens is 1. The molecule has 1 aromatic heterocycles. The van der Waals surface area contributed by atoms with Gasteiger partial charge < -0.3 is 27.5 Å². The highest BCUT2D eigenvalue weighted by atomic mass is 16.2. The van der Waals surface area contributed by atoms with E-state index in [9.17, 15) is 14.4 Å². The van der Waals surface area contributed by atoms with Gasteiger partial charge in [-0.1, -0.05) is 18.2 Å². The fourth-order valence-corrected chi connectivity index (χ4v) is 2.39. The number of benzene rings is 1. The van der Waals surface area contributed by atoms with Crippen molar-refractivity contribution in [2.75, 3.05) is 6.54 Å². The number of aliphatic imine (C=N–C) groups is 1.